The predicted molar refractivity (Wildman–Crippen MR) is 111 cm³/mol. The largest absolute Gasteiger partial charge is 0.489 e. The fourth-order valence-corrected chi connectivity index (χ4v) is 3.43. The van der Waals surface area contributed by atoms with E-state index in [0.29, 0.717) is 17.5 Å². The van der Waals surface area contributed by atoms with Gasteiger partial charge in [0, 0.05) is 34.0 Å². The van der Waals surface area contributed by atoms with E-state index in [9.17, 15) is 4.79 Å². The second-order valence-corrected chi connectivity index (χ2v) is 7.61. The Balaban J connectivity index is 1.62. The van der Waals surface area contributed by atoms with Crippen LogP contribution in [0.5, 0.6) is 5.75 Å². The van der Waals surface area contributed by atoms with Crippen molar-refractivity contribution in [1.82, 2.24) is 15.3 Å². The van der Waals surface area contributed by atoms with Crippen LogP contribution in [-0.4, -0.2) is 49.2 Å². The summed E-state index contributed by atoms with van der Waals surface area (Å²) in [5.41, 5.74) is 1.04. The van der Waals surface area contributed by atoms with E-state index in [1.165, 1.54) is 6.92 Å². The summed E-state index contributed by atoms with van der Waals surface area (Å²) in [6.07, 6.45) is 2.59. The van der Waals surface area contributed by atoms with E-state index in [1.54, 1.807) is 6.20 Å². The van der Waals surface area contributed by atoms with Gasteiger partial charge in [-0.3, -0.25) is 4.79 Å². The van der Waals surface area contributed by atoms with E-state index in [2.05, 4.69) is 20.2 Å². The molecule has 0 radical (unpaired) electrons. The molecule has 0 saturated carbocycles. The molecule has 1 aliphatic rings. The molecule has 0 unspecified atom stereocenters. The Labute approximate surface area is 170 Å². The molecule has 1 aromatic carbocycles. The molecule has 1 saturated heterocycles. The molecule has 28 heavy (non-hydrogen) atoms. The molecule has 2 atom stereocenters. The molecule has 0 spiro atoms. The summed E-state index contributed by atoms with van der Waals surface area (Å²) in [5, 5.41) is 3.42. The maximum Gasteiger partial charge on any atom is 0.226 e. The Hall–Kier alpha value is -2.54. The molecule has 0 aliphatic carbocycles. The number of benzene rings is 1. The lowest BCUT2D eigenvalue weighted by Crippen LogP contribution is -2.26. The van der Waals surface area contributed by atoms with E-state index >= 15 is 0 Å². The molecule has 1 N–H and O–H groups in total. The Morgan fingerprint density at radius 2 is 2.07 bits per heavy atom. The lowest BCUT2D eigenvalue weighted by molar-refractivity contribution is -0.119. The van der Waals surface area contributed by atoms with Crippen LogP contribution in [0.1, 0.15) is 31.9 Å². The van der Waals surface area contributed by atoms with Gasteiger partial charge in [0.25, 0.3) is 0 Å². The lowest BCUT2D eigenvalue weighted by atomic mass is 10.1. The summed E-state index contributed by atoms with van der Waals surface area (Å²) >= 11 is 6.32. The molecule has 1 fully saturated rings. The Morgan fingerprint density at radius 3 is 2.71 bits per heavy atom. The first-order chi connectivity index (χ1) is 13.3. The van der Waals surface area contributed by atoms with Crippen molar-refractivity contribution in [2.45, 2.75) is 32.4 Å². The van der Waals surface area contributed by atoms with Gasteiger partial charge in [-0.1, -0.05) is 23.7 Å². The molecular weight excluding hydrogens is 378 g/mol. The molecule has 1 aromatic heterocycles. The van der Waals surface area contributed by atoms with Crippen molar-refractivity contribution in [3.63, 3.8) is 0 Å². The minimum atomic E-state index is -0.0420. The molecule has 1 amide bonds. The van der Waals surface area contributed by atoms with Gasteiger partial charge in [-0.2, -0.15) is 4.98 Å². The molecule has 3 rings (SSSR count). The first kappa shape index (κ1) is 20.2. The van der Waals surface area contributed by atoms with Crippen LogP contribution in [0, 0.1) is 0 Å². The highest BCUT2D eigenvalue weighted by Gasteiger charge is 2.27. The number of halogens is 1. The number of carbonyl (C=O) groups excluding carboxylic acids is 1. The van der Waals surface area contributed by atoms with Gasteiger partial charge in [0.05, 0.1) is 18.8 Å². The minimum Gasteiger partial charge on any atom is -0.489 e. The summed E-state index contributed by atoms with van der Waals surface area (Å²) < 4.78 is 6.13. The van der Waals surface area contributed by atoms with E-state index in [0.717, 1.165) is 30.1 Å². The quantitative estimate of drug-likeness (QED) is 0.799. The third kappa shape index (κ3) is 4.84. The molecular formula is C20H26ClN5O2. The molecule has 2 heterocycles. The lowest BCUT2D eigenvalue weighted by Gasteiger charge is -2.21. The highest BCUT2D eigenvalue weighted by atomic mass is 35.5. The zero-order valence-corrected chi connectivity index (χ0v) is 17.4. The fraction of sp³-hybridized carbons (Fsp3) is 0.450. The van der Waals surface area contributed by atoms with E-state index in [-0.39, 0.29) is 18.1 Å². The number of hydrogen-bond donors (Lipinski definition) is 1. The van der Waals surface area contributed by atoms with Crippen molar-refractivity contribution in [2.75, 3.05) is 37.0 Å². The monoisotopic (exact) mass is 403 g/mol. The van der Waals surface area contributed by atoms with Gasteiger partial charge in [0.1, 0.15) is 16.9 Å². The van der Waals surface area contributed by atoms with Crippen molar-refractivity contribution >= 4 is 29.3 Å². The zero-order valence-electron chi connectivity index (χ0n) is 16.6. The van der Waals surface area contributed by atoms with Crippen molar-refractivity contribution in [3.8, 4) is 5.75 Å². The second kappa shape index (κ2) is 8.65. The normalized spacial score (nSPS) is 17.3. The van der Waals surface area contributed by atoms with E-state index < -0.39 is 0 Å². The summed E-state index contributed by atoms with van der Waals surface area (Å²) in [5.74, 6) is 2.15. The first-order valence-electron chi connectivity index (χ1n) is 9.32. The van der Waals surface area contributed by atoms with Crippen LogP contribution < -0.4 is 19.9 Å². The number of aromatic nitrogens is 2. The van der Waals surface area contributed by atoms with Crippen molar-refractivity contribution < 1.29 is 9.53 Å². The molecule has 150 valence electrons. The number of amides is 1. The van der Waals surface area contributed by atoms with Gasteiger partial charge >= 0.3 is 0 Å². The summed E-state index contributed by atoms with van der Waals surface area (Å²) in [7, 11) is 3.80. The van der Waals surface area contributed by atoms with Crippen molar-refractivity contribution in [1.29, 1.82) is 0 Å². The minimum absolute atomic E-state index is 0.0284. The fourth-order valence-electron chi connectivity index (χ4n) is 3.22. The van der Waals surface area contributed by atoms with Gasteiger partial charge in [0.15, 0.2) is 5.82 Å². The third-order valence-corrected chi connectivity index (χ3v) is 4.93. The number of rotatable bonds is 6. The number of ether oxygens (including phenoxy) is 1. The van der Waals surface area contributed by atoms with Gasteiger partial charge in [-0.05, 0) is 24.6 Å². The van der Waals surface area contributed by atoms with Crippen LogP contribution in [0.4, 0.5) is 11.8 Å². The van der Waals surface area contributed by atoms with Crippen LogP contribution in [0.15, 0.2) is 30.5 Å². The third-order valence-electron chi connectivity index (χ3n) is 4.66. The van der Waals surface area contributed by atoms with Crippen LogP contribution in [0.2, 0.25) is 5.02 Å². The van der Waals surface area contributed by atoms with Crippen LogP contribution in [-0.2, 0) is 4.79 Å². The molecule has 1 aliphatic heterocycles. The number of carbonyl (C=O) groups is 1. The summed E-state index contributed by atoms with van der Waals surface area (Å²) in [6, 6.07) is 7.82. The first-order valence-corrected chi connectivity index (χ1v) is 9.70. The van der Waals surface area contributed by atoms with Crippen LogP contribution in [0.25, 0.3) is 0 Å². The average Bonchev–Trinajstić information content (AvgIpc) is 3.10. The number of nitrogens with one attached hydrogen (secondary N) is 1. The summed E-state index contributed by atoms with van der Waals surface area (Å²) in [4.78, 5) is 24.0. The van der Waals surface area contributed by atoms with E-state index in [4.69, 9.17) is 16.3 Å². The molecule has 8 heteroatoms. The topological polar surface area (TPSA) is 70.6 Å². The highest BCUT2D eigenvalue weighted by Crippen LogP contribution is 2.29. The van der Waals surface area contributed by atoms with E-state index in [1.807, 2.05) is 50.2 Å². The van der Waals surface area contributed by atoms with Crippen LogP contribution >= 0.6 is 11.6 Å². The van der Waals surface area contributed by atoms with Gasteiger partial charge in [0.2, 0.25) is 11.9 Å². The van der Waals surface area contributed by atoms with Gasteiger partial charge in [-0.25, -0.2) is 4.98 Å². The number of hydrogen-bond acceptors (Lipinski definition) is 6. The average molecular weight is 404 g/mol. The number of nitrogens with zero attached hydrogens (tertiary/aromatic N) is 4. The highest BCUT2D eigenvalue weighted by molar-refractivity contribution is 6.32. The van der Waals surface area contributed by atoms with Crippen LogP contribution in [0.3, 0.4) is 0 Å². The molecule has 7 nitrogen and oxygen atoms in total. The summed E-state index contributed by atoms with van der Waals surface area (Å²) in [6.45, 7) is 5.02. The standard InChI is InChI=1S/C20H26ClN5O2/c1-13(23-14(2)27)15-5-7-16(8-6-15)28-17-9-10-26(12-17)19-18(21)11-22-20(24-19)25(3)4/h5-8,11,13,17H,9-10,12H2,1-4H3,(H,23,27)/t13-,17+/m0/s1. The Morgan fingerprint density at radius 1 is 1.36 bits per heavy atom. The second-order valence-electron chi connectivity index (χ2n) is 7.20. The van der Waals surface area contributed by atoms with Crippen molar-refractivity contribution in [2.24, 2.45) is 0 Å². The maximum absolute atomic E-state index is 11.2. The Kier molecular flexibility index (Phi) is 6.24. The van der Waals surface area contributed by atoms with Gasteiger partial charge < -0.3 is 19.9 Å². The Bertz CT molecular complexity index is 828. The maximum atomic E-state index is 11.2. The molecule has 2 aromatic rings. The smallest absolute Gasteiger partial charge is 0.226 e. The molecule has 0 bridgehead atoms. The van der Waals surface area contributed by atoms with Crippen molar-refractivity contribution in [3.05, 3.63) is 41.0 Å². The van der Waals surface area contributed by atoms with Gasteiger partial charge in [-0.15, -0.1) is 0 Å². The predicted octanol–water partition coefficient (Wildman–Crippen LogP) is 3.05. The zero-order chi connectivity index (χ0) is 20.3. The number of anilines is 2. The SMILES string of the molecule is CC(=O)N[C@@H](C)c1ccc(O[C@@H]2CCN(c3nc(N(C)C)ncc3Cl)C2)cc1.